The van der Waals surface area contributed by atoms with Crippen molar-refractivity contribution in [2.24, 2.45) is 0 Å². The molecule has 0 fully saturated rings. The van der Waals surface area contributed by atoms with Gasteiger partial charge in [-0.3, -0.25) is 9.13 Å². The molecular formula is C101H68N6. The topological polar surface area (TPSA) is 45.5 Å². The van der Waals surface area contributed by atoms with Crippen LogP contribution < -0.4 is 0 Å². The molecule has 0 N–H and O–H groups in total. The van der Waals surface area contributed by atoms with E-state index in [9.17, 15) is 0 Å². The average molecular weight is 1370 g/mol. The fourth-order valence-corrected chi connectivity index (χ4v) is 16.2. The summed E-state index contributed by atoms with van der Waals surface area (Å²) in [7, 11) is 0. The van der Waals surface area contributed by atoms with Gasteiger partial charge >= 0.3 is 0 Å². The van der Waals surface area contributed by atoms with Crippen LogP contribution in [0.5, 0.6) is 0 Å². The lowest BCUT2D eigenvalue weighted by atomic mass is 10.0. The molecule has 0 atom stereocenters. The highest BCUT2D eigenvalue weighted by Gasteiger charge is 2.22. The summed E-state index contributed by atoms with van der Waals surface area (Å²) in [6.45, 7) is 2.14. The van der Waals surface area contributed by atoms with Gasteiger partial charge in [0.25, 0.3) is 0 Å². The van der Waals surface area contributed by atoms with Gasteiger partial charge in [-0.05, 0) is 172 Å². The summed E-state index contributed by atoms with van der Waals surface area (Å²) < 4.78 is 9.47. The normalized spacial score (nSPS) is 11.6. The van der Waals surface area contributed by atoms with Crippen molar-refractivity contribution in [3.63, 3.8) is 0 Å². The number of benzene rings is 15. The zero-order chi connectivity index (χ0) is 70.9. The molecule has 6 nitrogen and oxygen atoms in total. The van der Waals surface area contributed by atoms with Gasteiger partial charge < -0.3 is 9.13 Å². The Kier molecular flexibility index (Phi) is 15.3. The van der Waals surface area contributed by atoms with E-state index in [1.54, 1.807) is 0 Å². The quantitative estimate of drug-likeness (QED) is 0.130. The van der Waals surface area contributed by atoms with Gasteiger partial charge in [0.15, 0.2) is 0 Å². The maximum Gasteiger partial charge on any atom is 0.138 e. The fraction of sp³-hybridized carbons (Fsp3) is 0.00990. The van der Waals surface area contributed by atoms with Crippen LogP contribution in [0, 0.1) is 6.92 Å². The van der Waals surface area contributed by atoms with Crippen molar-refractivity contribution in [2.45, 2.75) is 6.92 Å². The Hall–Kier alpha value is -14.2. The molecule has 0 saturated carbocycles. The Morgan fingerprint density at radius 1 is 0.168 bits per heavy atom. The molecule has 0 unspecified atom stereocenters. The summed E-state index contributed by atoms with van der Waals surface area (Å²) in [6, 6.07) is 142. The highest BCUT2D eigenvalue weighted by atomic mass is 15.1. The lowest BCUT2D eigenvalue weighted by Crippen LogP contribution is -2.00. The number of aromatic nitrogens is 6. The zero-order valence-electron chi connectivity index (χ0n) is 58.7. The van der Waals surface area contributed by atoms with Crippen molar-refractivity contribution < 1.29 is 0 Å². The van der Waals surface area contributed by atoms with Crippen LogP contribution in [0.15, 0.2) is 394 Å². The molecule has 0 aliphatic rings. The van der Waals surface area contributed by atoms with Crippen LogP contribution >= 0.6 is 0 Å². The van der Waals surface area contributed by atoms with Gasteiger partial charge in [-0.15, -0.1) is 0 Å². The first-order chi connectivity index (χ1) is 53.0. The lowest BCUT2D eigenvalue weighted by molar-refractivity contribution is 1.08. The van der Waals surface area contributed by atoms with E-state index in [1.807, 2.05) is 0 Å². The molecule has 15 aromatic carbocycles. The maximum atomic E-state index is 5.33. The molecule has 0 amide bonds. The molecule has 0 aliphatic heterocycles. The number of rotatable bonds is 11. The molecule has 0 bridgehead atoms. The predicted octanol–water partition coefficient (Wildman–Crippen LogP) is 26.5. The highest BCUT2D eigenvalue weighted by Crippen LogP contribution is 2.43. The highest BCUT2D eigenvalue weighted by molar-refractivity contribution is 6.15. The Bertz CT molecular complexity index is 6850. The van der Waals surface area contributed by atoms with Crippen LogP contribution in [-0.4, -0.2) is 28.2 Å². The monoisotopic (exact) mass is 1360 g/mol. The minimum absolute atomic E-state index is 0.896. The van der Waals surface area contributed by atoms with Crippen LogP contribution in [0.3, 0.4) is 0 Å². The van der Waals surface area contributed by atoms with E-state index in [1.165, 1.54) is 115 Å². The van der Waals surface area contributed by atoms with Crippen LogP contribution in [0.2, 0.25) is 0 Å². The fourth-order valence-electron chi connectivity index (χ4n) is 16.2. The Balaban J connectivity index is 0.000000142. The van der Waals surface area contributed by atoms with E-state index >= 15 is 0 Å². The average Bonchev–Trinajstić information content (AvgIpc) is 1.63. The predicted molar refractivity (Wildman–Crippen MR) is 449 cm³/mol. The molecule has 0 spiro atoms. The van der Waals surface area contributed by atoms with Crippen LogP contribution in [0.4, 0.5) is 0 Å². The summed E-state index contributed by atoms with van der Waals surface area (Å²) in [5.41, 5.74) is 28.7. The molecule has 0 radical (unpaired) electrons. The summed E-state index contributed by atoms with van der Waals surface area (Å²) in [5, 5.41) is 9.81. The largest absolute Gasteiger partial charge is 0.309 e. The molecule has 21 aromatic rings. The summed E-state index contributed by atoms with van der Waals surface area (Å²) in [6.07, 6.45) is 0. The summed E-state index contributed by atoms with van der Waals surface area (Å²) in [5.74, 6) is 1.80. The van der Waals surface area contributed by atoms with Crippen molar-refractivity contribution >= 4 is 87.2 Å². The van der Waals surface area contributed by atoms with E-state index in [4.69, 9.17) is 9.97 Å². The lowest BCUT2D eigenvalue weighted by Gasteiger charge is -2.13. The molecule has 502 valence electrons. The third-order valence-corrected chi connectivity index (χ3v) is 21.3. The Labute approximate surface area is 619 Å². The number of hydrogen-bond donors (Lipinski definition) is 0. The van der Waals surface area contributed by atoms with Gasteiger partial charge in [0.2, 0.25) is 0 Å². The summed E-state index contributed by atoms with van der Waals surface area (Å²) >= 11 is 0. The number of nitrogens with zero attached hydrogens (tertiary/aromatic N) is 6. The number of fused-ring (bicyclic) bond motifs is 12. The third kappa shape index (κ3) is 11.1. The van der Waals surface area contributed by atoms with E-state index in [-0.39, 0.29) is 0 Å². The molecule has 0 aliphatic carbocycles. The zero-order valence-corrected chi connectivity index (χ0v) is 58.7. The third-order valence-electron chi connectivity index (χ3n) is 21.3. The Morgan fingerprint density at radius 2 is 0.477 bits per heavy atom. The van der Waals surface area contributed by atoms with E-state index < -0.39 is 0 Å². The number of hydrogen-bond acceptors (Lipinski definition) is 2. The van der Waals surface area contributed by atoms with Crippen molar-refractivity contribution in [1.82, 2.24) is 28.2 Å². The molecule has 107 heavy (non-hydrogen) atoms. The standard InChI is InChI=1S/C53H35N3.C48H33N3/c1-4-15-36(16-5-1)39-21-14-22-43(31-39)55-49-25-12-10-23-44(49)46-29-27-41(34-52(46)55)40-28-30-51-47(32-40)45-24-11-13-26-50(45)56(51)53-35-42(37-17-6-2-7-18-37)33-48(54-53)38-19-8-3-9-20-38;1-32-20-24-38(25-21-32)50-44-18-10-8-16-39(44)41-26-22-36(30-47(41)50)35-23-27-46-42(28-35)40-17-9-11-19-45(40)51(46)48-31-37(33-12-4-2-5-13-33)29-43(49-48)34-14-6-3-7-15-34/h1-35H;2-31H,1H3. The molecule has 6 aromatic heterocycles. The second-order valence-corrected chi connectivity index (χ2v) is 27.8. The van der Waals surface area contributed by atoms with Crippen molar-refractivity contribution in [2.75, 3.05) is 0 Å². The van der Waals surface area contributed by atoms with Gasteiger partial charge in [0, 0.05) is 65.6 Å². The van der Waals surface area contributed by atoms with Gasteiger partial charge in [-0.25, -0.2) is 9.97 Å². The number of pyridine rings is 2. The van der Waals surface area contributed by atoms with Gasteiger partial charge in [0.1, 0.15) is 11.6 Å². The van der Waals surface area contributed by atoms with Crippen LogP contribution in [0.1, 0.15) is 5.56 Å². The summed E-state index contributed by atoms with van der Waals surface area (Å²) in [4.78, 5) is 10.6. The Morgan fingerprint density at radius 3 is 0.907 bits per heavy atom. The van der Waals surface area contributed by atoms with E-state index in [2.05, 4.69) is 420 Å². The SMILES string of the molecule is Cc1ccc(-n2c3ccccc3c3ccc(-c4ccc5c(c4)c4ccccc4n5-c4cc(-c5ccccc5)cc(-c5ccccc5)n4)cc32)cc1.c1ccc(-c2cccc(-n3c4ccccc4c4ccc(-c5ccc6c(c5)c5ccccc5n6-c5cc(-c6ccccc6)cc(-c6ccccc6)n5)cc43)c2)cc1. The van der Waals surface area contributed by atoms with E-state index in [0.29, 0.717) is 0 Å². The van der Waals surface area contributed by atoms with Crippen molar-refractivity contribution in [1.29, 1.82) is 0 Å². The molecule has 6 heteroatoms. The minimum atomic E-state index is 0.896. The van der Waals surface area contributed by atoms with Gasteiger partial charge in [-0.1, -0.05) is 291 Å². The molecule has 0 saturated heterocycles. The van der Waals surface area contributed by atoms with Gasteiger partial charge in [0.05, 0.1) is 55.5 Å². The second kappa shape index (κ2) is 26.3. The van der Waals surface area contributed by atoms with Crippen LogP contribution in [0.25, 0.3) is 188 Å². The first-order valence-electron chi connectivity index (χ1n) is 36.6. The number of para-hydroxylation sites is 4. The second-order valence-electron chi connectivity index (χ2n) is 27.8. The van der Waals surface area contributed by atoms with E-state index in [0.717, 1.165) is 78.6 Å². The smallest absolute Gasteiger partial charge is 0.138 e. The maximum absolute atomic E-state index is 5.33. The van der Waals surface area contributed by atoms with Crippen molar-refractivity contribution in [3.05, 3.63) is 400 Å². The molecule has 6 heterocycles. The number of aryl methyl sites for hydroxylation is 1. The first-order valence-corrected chi connectivity index (χ1v) is 36.6. The minimum Gasteiger partial charge on any atom is -0.309 e. The van der Waals surface area contributed by atoms with Crippen LogP contribution in [-0.2, 0) is 0 Å². The van der Waals surface area contributed by atoms with Gasteiger partial charge in [-0.2, -0.15) is 0 Å². The molecular weight excluding hydrogens is 1300 g/mol. The first kappa shape index (κ1) is 62.6. The van der Waals surface area contributed by atoms with Crippen molar-refractivity contribution in [3.8, 4) is 101 Å². The molecule has 21 rings (SSSR count).